The number of aromatic nitrogens is 2. The molecule has 2 N–H and O–H groups in total. The van der Waals surface area contributed by atoms with E-state index in [1.54, 1.807) is 6.33 Å². The van der Waals surface area contributed by atoms with Crippen molar-refractivity contribution in [2.45, 2.75) is 13.5 Å². The van der Waals surface area contributed by atoms with Crippen LogP contribution in [-0.2, 0) is 6.54 Å². The monoisotopic (exact) mass is 309 g/mol. The second-order valence-corrected chi connectivity index (χ2v) is 4.81. The Labute approximate surface area is 113 Å². The van der Waals surface area contributed by atoms with Gasteiger partial charge in [-0.25, -0.2) is 4.98 Å². The molecule has 2 aromatic rings. The van der Waals surface area contributed by atoms with Gasteiger partial charge in [0.25, 0.3) is 0 Å². The summed E-state index contributed by atoms with van der Waals surface area (Å²) in [5.74, 6) is 2.10. The van der Waals surface area contributed by atoms with Crippen molar-refractivity contribution < 1.29 is 9.47 Å². The minimum Gasteiger partial charge on any atom is -0.454 e. The lowest BCUT2D eigenvalue weighted by atomic mass is 10.1. The fraction of sp³-hybridized carbons (Fsp3) is 0.250. The summed E-state index contributed by atoms with van der Waals surface area (Å²) in [6.07, 6.45) is 1.74. The topological polar surface area (TPSA) is 62.3 Å². The number of rotatable bonds is 2. The number of ether oxygens (including phenoxy) is 2. The number of anilines is 1. The molecule has 5 nitrogen and oxygen atoms in total. The predicted molar refractivity (Wildman–Crippen MR) is 71.6 cm³/mol. The van der Waals surface area contributed by atoms with Gasteiger partial charge in [-0.1, -0.05) is 0 Å². The zero-order chi connectivity index (χ0) is 12.7. The number of imidazole rings is 1. The van der Waals surface area contributed by atoms with E-state index in [1.165, 1.54) is 0 Å². The molecule has 1 aromatic heterocycles. The Morgan fingerprint density at radius 3 is 3.00 bits per heavy atom. The molecule has 0 aliphatic carbocycles. The van der Waals surface area contributed by atoms with E-state index < -0.39 is 0 Å². The van der Waals surface area contributed by atoms with Gasteiger partial charge in [0, 0.05) is 12.1 Å². The standard InChI is InChI=1S/C12H12BrN3O2/c1-2-16-5-15-10(12(16)14)7-3-8(13)11-9(4-7)17-6-18-11/h3-5H,2,6,14H2,1H3. The fourth-order valence-corrected chi connectivity index (χ4v) is 2.53. The molecule has 6 heteroatoms. The molecule has 0 fully saturated rings. The summed E-state index contributed by atoms with van der Waals surface area (Å²) in [4.78, 5) is 4.34. The summed E-state index contributed by atoms with van der Waals surface area (Å²) in [5.41, 5.74) is 7.73. The van der Waals surface area contributed by atoms with E-state index in [0.29, 0.717) is 11.6 Å². The van der Waals surface area contributed by atoms with Crippen LogP contribution in [0.25, 0.3) is 11.3 Å². The van der Waals surface area contributed by atoms with Crippen LogP contribution in [0.2, 0.25) is 0 Å². The van der Waals surface area contributed by atoms with Gasteiger partial charge in [0.05, 0.1) is 10.8 Å². The third kappa shape index (κ3) is 1.64. The maximum atomic E-state index is 6.05. The predicted octanol–water partition coefficient (Wildman–Crippen LogP) is 2.64. The van der Waals surface area contributed by atoms with E-state index >= 15 is 0 Å². The van der Waals surface area contributed by atoms with Gasteiger partial charge in [-0.15, -0.1) is 0 Å². The van der Waals surface area contributed by atoms with Crippen LogP contribution in [0.5, 0.6) is 11.5 Å². The van der Waals surface area contributed by atoms with Crippen LogP contribution in [0.3, 0.4) is 0 Å². The molecule has 0 spiro atoms. The lowest BCUT2D eigenvalue weighted by Gasteiger charge is -2.05. The molecule has 94 valence electrons. The molecule has 0 bridgehead atoms. The Morgan fingerprint density at radius 2 is 2.28 bits per heavy atom. The molecule has 0 radical (unpaired) electrons. The maximum Gasteiger partial charge on any atom is 0.231 e. The average Bonchev–Trinajstić information content (AvgIpc) is 2.95. The van der Waals surface area contributed by atoms with Crippen LogP contribution >= 0.6 is 15.9 Å². The van der Waals surface area contributed by atoms with Gasteiger partial charge >= 0.3 is 0 Å². The summed E-state index contributed by atoms with van der Waals surface area (Å²) in [7, 11) is 0. The van der Waals surface area contributed by atoms with Crippen LogP contribution in [0.1, 0.15) is 6.92 Å². The molecule has 18 heavy (non-hydrogen) atoms. The second-order valence-electron chi connectivity index (χ2n) is 3.96. The van der Waals surface area contributed by atoms with Crippen LogP contribution in [-0.4, -0.2) is 16.3 Å². The molecule has 0 atom stereocenters. The first-order chi connectivity index (χ1) is 8.70. The normalized spacial score (nSPS) is 13.0. The summed E-state index contributed by atoms with van der Waals surface area (Å²) in [5, 5.41) is 0. The Kier molecular flexibility index (Phi) is 2.66. The Balaban J connectivity index is 2.12. The van der Waals surface area contributed by atoms with Crippen molar-refractivity contribution in [1.82, 2.24) is 9.55 Å². The van der Waals surface area contributed by atoms with Gasteiger partial charge < -0.3 is 19.8 Å². The van der Waals surface area contributed by atoms with Gasteiger partial charge in [-0.3, -0.25) is 0 Å². The van der Waals surface area contributed by atoms with Gasteiger partial charge in [0.1, 0.15) is 11.5 Å². The average molecular weight is 310 g/mol. The van der Waals surface area contributed by atoms with Crippen molar-refractivity contribution in [3.05, 3.63) is 22.9 Å². The van der Waals surface area contributed by atoms with Crippen molar-refractivity contribution in [2.24, 2.45) is 0 Å². The van der Waals surface area contributed by atoms with Crippen molar-refractivity contribution in [3.8, 4) is 22.8 Å². The highest BCUT2D eigenvalue weighted by atomic mass is 79.9. The zero-order valence-corrected chi connectivity index (χ0v) is 11.4. The van der Waals surface area contributed by atoms with Gasteiger partial charge in [0.2, 0.25) is 6.79 Å². The fourth-order valence-electron chi connectivity index (χ4n) is 1.97. The van der Waals surface area contributed by atoms with E-state index in [0.717, 1.165) is 28.0 Å². The first-order valence-corrected chi connectivity index (χ1v) is 6.40. The van der Waals surface area contributed by atoms with E-state index in [9.17, 15) is 0 Å². The highest BCUT2D eigenvalue weighted by Gasteiger charge is 2.20. The second kappa shape index (κ2) is 4.20. The van der Waals surface area contributed by atoms with Gasteiger partial charge in [0.15, 0.2) is 11.5 Å². The third-order valence-electron chi connectivity index (χ3n) is 2.92. The largest absolute Gasteiger partial charge is 0.454 e. The van der Waals surface area contributed by atoms with Crippen LogP contribution in [0.4, 0.5) is 5.82 Å². The highest BCUT2D eigenvalue weighted by Crippen LogP contribution is 2.42. The number of benzene rings is 1. The highest BCUT2D eigenvalue weighted by molar-refractivity contribution is 9.10. The van der Waals surface area contributed by atoms with Crippen LogP contribution in [0, 0.1) is 0 Å². The molecular weight excluding hydrogens is 298 g/mol. The number of hydrogen-bond acceptors (Lipinski definition) is 4. The molecule has 3 rings (SSSR count). The van der Waals surface area contributed by atoms with Crippen molar-refractivity contribution >= 4 is 21.7 Å². The molecule has 1 aliphatic heterocycles. The zero-order valence-electron chi connectivity index (χ0n) is 9.81. The summed E-state index contributed by atoms with van der Waals surface area (Å²) in [6.45, 7) is 3.07. The first-order valence-electron chi connectivity index (χ1n) is 5.60. The third-order valence-corrected chi connectivity index (χ3v) is 3.51. The lowest BCUT2D eigenvalue weighted by Crippen LogP contribution is -1.99. The molecule has 0 unspecified atom stereocenters. The van der Waals surface area contributed by atoms with E-state index in [1.807, 2.05) is 23.6 Å². The van der Waals surface area contributed by atoms with Crippen molar-refractivity contribution in [2.75, 3.05) is 12.5 Å². The molecule has 0 saturated carbocycles. The molecule has 2 heterocycles. The Hall–Kier alpha value is -1.69. The minimum atomic E-state index is 0.246. The van der Waals surface area contributed by atoms with Crippen LogP contribution < -0.4 is 15.2 Å². The molecule has 1 aliphatic rings. The summed E-state index contributed by atoms with van der Waals surface area (Å²) < 4.78 is 13.5. The molecule has 1 aromatic carbocycles. The summed E-state index contributed by atoms with van der Waals surface area (Å²) in [6, 6.07) is 3.83. The Morgan fingerprint density at radius 1 is 1.44 bits per heavy atom. The SMILES string of the molecule is CCn1cnc(-c2cc(Br)c3c(c2)OCO3)c1N. The van der Waals surface area contributed by atoms with E-state index in [4.69, 9.17) is 15.2 Å². The lowest BCUT2D eigenvalue weighted by molar-refractivity contribution is 0.173. The number of fused-ring (bicyclic) bond motifs is 1. The number of nitrogens with zero attached hydrogens (tertiary/aromatic N) is 2. The number of nitrogen functional groups attached to an aromatic ring is 1. The summed E-state index contributed by atoms with van der Waals surface area (Å²) >= 11 is 3.46. The Bertz CT molecular complexity index is 610. The van der Waals surface area contributed by atoms with Crippen LogP contribution in [0.15, 0.2) is 22.9 Å². The minimum absolute atomic E-state index is 0.246. The molecular formula is C12H12BrN3O2. The number of halogens is 1. The van der Waals surface area contributed by atoms with E-state index in [-0.39, 0.29) is 6.79 Å². The smallest absolute Gasteiger partial charge is 0.231 e. The van der Waals surface area contributed by atoms with E-state index in [2.05, 4.69) is 20.9 Å². The van der Waals surface area contributed by atoms with Crippen molar-refractivity contribution in [1.29, 1.82) is 0 Å². The number of nitrogens with two attached hydrogens (primary N) is 1. The molecule has 0 saturated heterocycles. The molecule has 0 amide bonds. The van der Waals surface area contributed by atoms with Gasteiger partial charge in [-0.2, -0.15) is 0 Å². The van der Waals surface area contributed by atoms with Gasteiger partial charge in [-0.05, 0) is 35.0 Å². The first kappa shape index (κ1) is 11.4. The quantitative estimate of drug-likeness (QED) is 0.926. The van der Waals surface area contributed by atoms with Crippen molar-refractivity contribution in [3.63, 3.8) is 0 Å². The number of aryl methyl sites for hydroxylation is 1. The number of hydrogen-bond donors (Lipinski definition) is 1. The maximum absolute atomic E-state index is 6.05.